The molecule has 9 nitrogen and oxygen atoms in total. The average molecular weight is 513 g/mol. The number of rotatable bonds is 6. The number of aliphatic hydroxyl groups is 1. The van der Waals surface area contributed by atoms with E-state index in [-0.39, 0.29) is 37.9 Å². The summed E-state index contributed by atoms with van der Waals surface area (Å²) >= 11 is 0. The lowest BCUT2D eigenvalue weighted by Crippen LogP contribution is -2.72. The number of Topliss-reactive ketones (excluding diaryl/α,β-unsaturated/α-hetero) is 1. The van der Waals surface area contributed by atoms with Gasteiger partial charge >= 0.3 is 0 Å². The van der Waals surface area contributed by atoms with Gasteiger partial charge in [-0.1, -0.05) is 36.4 Å². The Balaban J connectivity index is 1.44. The van der Waals surface area contributed by atoms with Crippen LogP contribution < -0.4 is 5.32 Å². The highest BCUT2D eigenvalue weighted by Gasteiger charge is 2.61. The molecule has 5 rings (SSSR count). The van der Waals surface area contributed by atoms with E-state index < -0.39 is 52.9 Å². The highest BCUT2D eigenvalue weighted by molar-refractivity contribution is 6.23. The first-order valence-corrected chi connectivity index (χ1v) is 11.8. The summed E-state index contributed by atoms with van der Waals surface area (Å²) < 4.78 is 38.6. The van der Waals surface area contributed by atoms with Gasteiger partial charge in [0.25, 0.3) is 17.6 Å². The number of piperazine rings is 1. The van der Waals surface area contributed by atoms with Crippen molar-refractivity contribution in [1.29, 1.82) is 0 Å². The molecule has 11 heteroatoms. The third kappa shape index (κ3) is 4.50. The standard InChI is InChI=1S/C26H25F2N3O6/c1-15-13-36-21-12-30-11-19(24(33)29-10-17-7-8-18(27)9-20(17)28)23(32)26(35,22(30)25(34)31(15)21)37-14-16-5-3-2-4-6-16/h2-9,11,15,21-22,35H,10,12-14H2,1H3,(H,29,33)/t15-,21+,22?,26?/m1/s1. The molecule has 0 spiro atoms. The summed E-state index contributed by atoms with van der Waals surface area (Å²) in [7, 11) is 0. The number of hydrogen-bond donors (Lipinski definition) is 2. The number of nitrogens with one attached hydrogen (secondary N) is 1. The summed E-state index contributed by atoms with van der Waals surface area (Å²) in [6.07, 6.45) is 0.574. The fourth-order valence-corrected chi connectivity index (χ4v) is 4.83. The lowest BCUT2D eigenvalue weighted by atomic mass is 9.88. The van der Waals surface area contributed by atoms with Crippen molar-refractivity contribution in [2.24, 2.45) is 0 Å². The summed E-state index contributed by atoms with van der Waals surface area (Å²) in [5.74, 6) is -6.87. The van der Waals surface area contributed by atoms with E-state index >= 15 is 0 Å². The van der Waals surface area contributed by atoms with Crippen LogP contribution in [-0.2, 0) is 37.0 Å². The molecule has 0 bridgehead atoms. The van der Waals surface area contributed by atoms with Crippen LogP contribution in [0.2, 0.25) is 0 Å². The Bertz CT molecular complexity index is 1270. The summed E-state index contributed by atoms with van der Waals surface area (Å²) in [6, 6.07) is 9.95. The molecule has 3 aliphatic heterocycles. The number of hydrogen-bond acceptors (Lipinski definition) is 7. The SMILES string of the molecule is C[C@@H]1CO[C@H]2CN3C=C(C(=O)NCc4ccc(F)cc4F)C(=O)C(O)(OCc4ccccc4)C3C(=O)N12. The highest BCUT2D eigenvalue weighted by atomic mass is 19.1. The molecule has 2 aromatic rings. The van der Waals surface area contributed by atoms with Crippen molar-refractivity contribution < 1.29 is 37.7 Å². The number of benzene rings is 2. The van der Waals surface area contributed by atoms with E-state index in [0.717, 1.165) is 6.07 Å². The van der Waals surface area contributed by atoms with E-state index in [0.29, 0.717) is 11.6 Å². The van der Waals surface area contributed by atoms with Gasteiger partial charge < -0.3 is 29.7 Å². The smallest absolute Gasteiger partial charge is 0.262 e. The fourth-order valence-electron chi connectivity index (χ4n) is 4.83. The second kappa shape index (κ2) is 9.66. The average Bonchev–Trinajstić information content (AvgIpc) is 3.25. The minimum Gasteiger partial charge on any atom is -0.357 e. The Morgan fingerprint density at radius 2 is 1.97 bits per heavy atom. The van der Waals surface area contributed by atoms with E-state index in [1.54, 1.807) is 37.3 Å². The third-order valence-corrected chi connectivity index (χ3v) is 6.74. The van der Waals surface area contributed by atoms with Gasteiger partial charge in [0.1, 0.15) is 23.4 Å². The van der Waals surface area contributed by atoms with Gasteiger partial charge in [0.05, 0.1) is 25.8 Å². The second-order valence-corrected chi connectivity index (χ2v) is 9.24. The van der Waals surface area contributed by atoms with Gasteiger partial charge in [-0.2, -0.15) is 0 Å². The number of nitrogens with zero attached hydrogens (tertiary/aromatic N) is 2. The van der Waals surface area contributed by atoms with Gasteiger partial charge in [0.2, 0.25) is 5.78 Å². The first kappa shape index (κ1) is 25.0. The number of fused-ring (bicyclic) bond motifs is 2. The minimum absolute atomic E-state index is 0.00390. The van der Waals surface area contributed by atoms with Crippen LogP contribution in [-0.4, -0.2) is 69.8 Å². The molecule has 2 aromatic carbocycles. The zero-order valence-corrected chi connectivity index (χ0v) is 19.9. The number of carbonyl (C=O) groups excluding carboxylic acids is 3. The summed E-state index contributed by atoms with van der Waals surface area (Å²) in [5.41, 5.74) is 0.174. The second-order valence-electron chi connectivity index (χ2n) is 9.24. The van der Waals surface area contributed by atoms with E-state index in [1.807, 2.05) is 0 Å². The summed E-state index contributed by atoms with van der Waals surface area (Å²) in [4.78, 5) is 42.9. The van der Waals surface area contributed by atoms with E-state index in [1.165, 1.54) is 22.1 Å². The van der Waals surface area contributed by atoms with Crippen LogP contribution in [0.4, 0.5) is 8.78 Å². The van der Waals surface area contributed by atoms with Crippen molar-refractivity contribution in [1.82, 2.24) is 15.1 Å². The number of ketones is 1. The maximum absolute atomic E-state index is 14.0. The van der Waals surface area contributed by atoms with Gasteiger partial charge in [-0.15, -0.1) is 0 Å². The molecule has 0 saturated carbocycles. The van der Waals surface area contributed by atoms with Crippen molar-refractivity contribution in [2.75, 3.05) is 13.2 Å². The zero-order valence-electron chi connectivity index (χ0n) is 19.9. The number of carbonyl (C=O) groups is 3. The van der Waals surface area contributed by atoms with Gasteiger partial charge in [-0.05, 0) is 18.6 Å². The summed E-state index contributed by atoms with van der Waals surface area (Å²) in [6.45, 7) is 1.64. The molecule has 194 valence electrons. The first-order chi connectivity index (χ1) is 17.7. The molecule has 2 N–H and O–H groups in total. The predicted molar refractivity (Wildman–Crippen MR) is 124 cm³/mol. The van der Waals surface area contributed by atoms with Crippen molar-refractivity contribution in [3.63, 3.8) is 0 Å². The van der Waals surface area contributed by atoms with Gasteiger partial charge in [0, 0.05) is 24.4 Å². The molecule has 2 unspecified atom stereocenters. The molecule has 0 aromatic heterocycles. The maximum atomic E-state index is 14.0. The van der Waals surface area contributed by atoms with Gasteiger partial charge in [-0.3, -0.25) is 14.4 Å². The van der Waals surface area contributed by atoms with Crippen molar-refractivity contribution in [3.8, 4) is 0 Å². The van der Waals surface area contributed by atoms with Crippen molar-refractivity contribution in [2.45, 2.75) is 44.2 Å². The van der Waals surface area contributed by atoms with Crippen LogP contribution in [0.5, 0.6) is 0 Å². The molecule has 3 heterocycles. The Morgan fingerprint density at radius 1 is 1.22 bits per heavy atom. The lowest BCUT2D eigenvalue weighted by Gasteiger charge is -2.49. The molecule has 0 radical (unpaired) electrons. The molecule has 3 aliphatic rings. The van der Waals surface area contributed by atoms with Crippen LogP contribution in [0.3, 0.4) is 0 Å². The van der Waals surface area contributed by atoms with Crippen LogP contribution in [0, 0.1) is 11.6 Å². The quantitative estimate of drug-likeness (QED) is 0.442. The Kier molecular flexibility index (Phi) is 6.52. The Morgan fingerprint density at radius 3 is 2.70 bits per heavy atom. The fraction of sp³-hybridized carbons (Fsp3) is 0.346. The Labute approximate surface area is 211 Å². The van der Waals surface area contributed by atoms with Crippen LogP contribution in [0.15, 0.2) is 60.3 Å². The largest absolute Gasteiger partial charge is 0.357 e. The van der Waals surface area contributed by atoms with E-state index in [2.05, 4.69) is 5.32 Å². The lowest BCUT2D eigenvalue weighted by molar-refractivity contribution is -0.243. The summed E-state index contributed by atoms with van der Waals surface area (Å²) in [5, 5.41) is 14.0. The molecular weight excluding hydrogens is 488 g/mol. The third-order valence-electron chi connectivity index (χ3n) is 6.74. The number of halogens is 2. The van der Waals surface area contributed by atoms with Crippen molar-refractivity contribution in [3.05, 3.63) is 83.1 Å². The molecule has 4 atom stereocenters. The van der Waals surface area contributed by atoms with Crippen LogP contribution in [0.1, 0.15) is 18.1 Å². The predicted octanol–water partition coefficient (Wildman–Crippen LogP) is 1.21. The first-order valence-electron chi connectivity index (χ1n) is 11.8. The normalized spacial score (nSPS) is 27.0. The molecule has 2 fully saturated rings. The number of ether oxygens (including phenoxy) is 2. The van der Waals surface area contributed by atoms with Crippen LogP contribution in [0.25, 0.3) is 0 Å². The highest BCUT2D eigenvalue weighted by Crippen LogP contribution is 2.37. The topological polar surface area (TPSA) is 108 Å². The molecular formula is C26H25F2N3O6. The van der Waals surface area contributed by atoms with E-state index in [4.69, 9.17) is 9.47 Å². The van der Waals surface area contributed by atoms with Gasteiger partial charge in [0.15, 0.2) is 6.04 Å². The molecule has 37 heavy (non-hydrogen) atoms. The van der Waals surface area contributed by atoms with Gasteiger partial charge in [-0.25, -0.2) is 8.78 Å². The maximum Gasteiger partial charge on any atom is 0.262 e. The Hall–Kier alpha value is -3.67. The zero-order chi connectivity index (χ0) is 26.3. The molecule has 2 amide bonds. The molecule has 2 saturated heterocycles. The number of amides is 2. The minimum atomic E-state index is -2.68. The van der Waals surface area contributed by atoms with Crippen molar-refractivity contribution >= 4 is 17.6 Å². The van der Waals surface area contributed by atoms with E-state index in [9.17, 15) is 28.3 Å². The van der Waals surface area contributed by atoms with Crippen LogP contribution >= 0.6 is 0 Å². The monoisotopic (exact) mass is 513 g/mol. The molecule has 0 aliphatic carbocycles.